The molecule has 2 aliphatic carbocycles. The van der Waals surface area contributed by atoms with E-state index in [-0.39, 0.29) is 36.3 Å². The lowest BCUT2D eigenvalue weighted by Gasteiger charge is -2.35. The van der Waals surface area contributed by atoms with Crippen LogP contribution in [-0.2, 0) is 29.1 Å². The first-order chi connectivity index (χ1) is 27.5. The number of nitrogens with one attached hydrogen (secondary N) is 3. The third kappa shape index (κ3) is 9.20. The molecule has 2 saturated carbocycles. The summed E-state index contributed by atoms with van der Waals surface area (Å²) in [6, 6.07) is 2.09. The van der Waals surface area contributed by atoms with Gasteiger partial charge < -0.3 is 29.7 Å². The second-order valence-electron chi connectivity index (χ2n) is 16.8. The number of fused-ring (bicyclic) bond motifs is 3. The van der Waals surface area contributed by atoms with Crippen LogP contribution in [0.3, 0.4) is 0 Å². The number of allylic oxidation sites excluding steroid dienone is 1. The van der Waals surface area contributed by atoms with Crippen molar-refractivity contribution in [3.8, 4) is 11.6 Å². The van der Waals surface area contributed by atoms with E-state index in [1.54, 1.807) is 31.2 Å². The summed E-state index contributed by atoms with van der Waals surface area (Å²) in [6.07, 6.45) is -1.32. The lowest BCUT2D eigenvalue weighted by atomic mass is 9.85. The lowest BCUT2D eigenvalue weighted by Crippen LogP contribution is -2.60. The molecule has 0 bridgehead atoms. The van der Waals surface area contributed by atoms with Crippen molar-refractivity contribution in [2.45, 2.75) is 126 Å². The van der Waals surface area contributed by atoms with Gasteiger partial charge in [-0.1, -0.05) is 44.0 Å². The van der Waals surface area contributed by atoms with Gasteiger partial charge in [0, 0.05) is 18.4 Å². The normalized spacial score (nSPS) is 29.2. The van der Waals surface area contributed by atoms with Gasteiger partial charge in [-0.3, -0.25) is 19.1 Å². The molecule has 0 unspecified atom stereocenters. The minimum absolute atomic E-state index is 0.0522. The number of hydrogen-bond donors (Lipinski definition) is 3. The van der Waals surface area contributed by atoms with Crippen molar-refractivity contribution in [2.75, 3.05) is 13.7 Å². The van der Waals surface area contributed by atoms with E-state index < -0.39 is 85.9 Å². The Kier molecular flexibility index (Phi) is 12.2. The molecule has 0 spiro atoms. The van der Waals surface area contributed by atoms with Crippen LogP contribution in [0.1, 0.15) is 86.0 Å². The molecule has 1 aromatic carbocycles. The number of carbonyl (C=O) groups excluding carboxylic acids is 4. The Morgan fingerprint density at radius 1 is 1.12 bits per heavy atom. The highest BCUT2D eigenvalue weighted by Crippen LogP contribution is 2.48. The third-order valence-corrected chi connectivity index (χ3v) is 14.4. The number of alkyl carbamates (subject to hydrolysis) is 1. The number of hydrogen-bond acceptors (Lipinski definition) is 11. The summed E-state index contributed by atoms with van der Waals surface area (Å²) in [6.45, 7) is 6.33. The van der Waals surface area contributed by atoms with Crippen LogP contribution in [0.15, 0.2) is 30.4 Å². The van der Waals surface area contributed by atoms with Gasteiger partial charge in [-0.15, -0.1) is 0 Å². The van der Waals surface area contributed by atoms with E-state index in [9.17, 15) is 40.8 Å². The van der Waals surface area contributed by atoms with Gasteiger partial charge in [-0.05, 0) is 83.3 Å². The second-order valence-corrected chi connectivity index (χ2v) is 19.4. The van der Waals surface area contributed by atoms with Crippen molar-refractivity contribution in [3.63, 3.8) is 0 Å². The Morgan fingerprint density at radius 3 is 2.47 bits per heavy atom. The Morgan fingerprint density at radius 2 is 1.83 bits per heavy atom. The highest BCUT2D eigenvalue weighted by molar-refractivity contribution is 7.91. The predicted octanol–water partition coefficient (Wildman–Crippen LogP) is 5.35. The molecule has 3 heterocycles. The molecule has 0 radical (unpaired) electrons. The van der Waals surface area contributed by atoms with E-state index in [4.69, 9.17) is 25.8 Å². The number of methoxy groups -OCH3 is 1. The van der Waals surface area contributed by atoms with E-state index in [0.717, 1.165) is 4.90 Å². The van der Waals surface area contributed by atoms with Crippen LogP contribution < -0.4 is 24.8 Å². The predicted molar refractivity (Wildman–Crippen MR) is 209 cm³/mol. The Balaban J connectivity index is 1.37. The van der Waals surface area contributed by atoms with Crippen molar-refractivity contribution in [2.24, 2.45) is 17.8 Å². The van der Waals surface area contributed by atoms with Crippen LogP contribution in [0, 0.1) is 17.8 Å². The fourth-order valence-electron chi connectivity index (χ4n) is 7.62. The molecular weight excluding hydrogens is 821 g/mol. The molecule has 2 aromatic rings. The smallest absolute Gasteiger partial charge is 0.427 e. The molecular formula is C39H50ClF3N6O9S. The van der Waals surface area contributed by atoms with Crippen LogP contribution in [-0.4, -0.2) is 101 Å². The molecule has 6 rings (SSSR count). The molecule has 7 atom stereocenters. The number of halogens is 4. The zero-order chi connectivity index (χ0) is 43.3. The molecule has 20 heteroatoms. The molecule has 59 heavy (non-hydrogen) atoms. The van der Waals surface area contributed by atoms with Gasteiger partial charge in [0.2, 0.25) is 27.4 Å². The van der Waals surface area contributed by atoms with Crippen LogP contribution in [0.2, 0.25) is 5.15 Å². The van der Waals surface area contributed by atoms with Gasteiger partial charge in [0.05, 0.1) is 29.4 Å². The van der Waals surface area contributed by atoms with Gasteiger partial charge in [-0.2, -0.15) is 13.2 Å². The number of rotatable bonds is 9. The van der Waals surface area contributed by atoms with E-state index in [1.165, 1.54) is 14.0 Å². The van der Waals surface area contributed by atoms with Crippen LogP contribution in [0.25, 0.3) is 11.0 Å². The number of nitrogens with zero attached hydrogens (tertiary/aromatic N) is 3. The van der Waals surface area contributed by atoms with Gasteiger partial charge in [-0.25, -0.2) is 23.2 Å². The number of sulfonamides is 1. The Hall–Kier alpha value is -4.39. The summed E-state index contributed by atoms with van der Waals surface area (Å²) in [7, 11) is -2.62. The van der Waals surface area contributed by atoms with Gasteiger partial charge in [0.25, 0.3) is 11.8 Å². The van der Waals surface area contributed by atoms with Crippen LogP contribution in [0.5, 0.6) is 11.6 Å². The van der Waals surface area contributed by atoms with Crippen molar-refractivity contribution in [3.05, 3.63) is 35.5 Å². The molecule has 4 aliphatic rings. The summed E-state index contributed by atoms with van der Waals surface area (Å²) >= 11 is 6.49. The molecule has 3 fully saturated rings. The SMILES string of the molecule is CC[C@@H]1C[C@H](C)CC/C=C\[C@@H]2C[C@@]2(C(=O)NS(=O)(=O)C2(C)CC2)NC(=O)[C@@H]2C[C@@H](Oc3nc4cc(OC)ccc4nc3Cl)CN2C(=O)[C@H]1NC(=O)OC(C)(C)C(F)(F)F. The standard InChI is InChI=1S/C39H50ClF3N6O9S/c1-7-22-16-21(2)10-8-9-11-23-19-38(23,34(52)48-59(54,55)37(5)14-15-37)47-31(50)28-18-25(57-32-30(40)44-26-13-12-24(56-6)17-27(26)45-32)20-49(28)33(51)29(22)46-35(53)58-36(3,4)39(41,42)43/h9,11-13,17,21-23,25,28-29H,7-8,10,14-16,18-20H2,1-6H3,(H,46,53)(H,47,50)(H,48,52)/b11-9-/t21-,22-,23-,25-,28+,29+,38-/m1/s1. The third-order valence-electron chi connectivity index (χ3n) is 12.0. The highest BCUT2D eigenvalue weighted by Gasteiger charge is 2.63. The summed E-state index contributed by atoms with van der Waals surface area (Å²) in [4.78, 5) is 66.5. The Labute approximate surface area is 345 Å². The molecule has 15 nitrogen and oxygen atoms in total. The second kappa shape index (κ2) is 16.2. The quantitative estimate of drug-likeness (QED) is 0.275. The number of benzene rings is 1. The molecule has 1 saturated heterocycles. The number of carbonyl (C=O) groups is 4. The molecule has 4 amide bonds. The summed E-state index contributed by atoms with van der Waals surface area (Å²) < 4.78 is 85.1. The molecule has 3 N–H and O–H groups in total. The van der Waals surface area contributed by atoms with Crippen molar-refractivity contribution in [1.29, 1.82) is 0 Å². The van der Waals surface area contributed by atoms with E-state index in [0.29, 0.717) is 69.2 Å². The van der Waals surface area contributed by atoms with Crippen LogP contribution >= 0.6 is 11.6 Å². The molecule has 324 valence electrons. The summed E-state index contributed by atoms with van der Waals surface area (Å²) in [5, 5.41) is 5.06. The van der Waals surface area contributed by atoms with Crippen LogP contribution in [0.4, 0.5) is 18.0 Å². The zero-order valence-electron chi connectivity index (χ0n) is 33.7. The summed E-state index contributed by atoms with van der Waals surface area (Å²) in [5.74, 6) is -3.42. The van der Waals surface area contributed by atoms with Crippen molar-refractivity contribution >= 4 is 56.5 Å². The monoisotopic (exact) mass is 870 g/mol. The van der Waals surface area contributed by atoms with Gasteiger partial charge in [0.1, 0.15) is 29.5 Å². The average molecular weight is 871 g/mol. The zero-order valence-corrected chi connectivity index (χ0v) is 35.2. The average Bonchev–Trinajstić information content (AvgIpc) is 4.03. The first-order valence-electron chi connectivity index (χ1n) is 19.6. The first kappa shape index (κ1) is 44.2. The number of amides is 4. The minimum Gasteiger partial charge on any atom is -0.497 e. The van der Waals surface area contributed by atoms with Gasteiger partial charge >= 0.3 is 12.3 Å². The lowest BCUT2D eigenvalue weighted by molar-refractivity contribution is -0.244. The van der Waals surface area contributed by atoms with Crippen molar-refractivity contribution < 1.29 is 55.0 Å². The van der Waals surface area contributed by atoms with E-state index >= 15 is 0 Å². The fraction of sp³-hybridized carbons (Fsp3) is 0.641. The minimum atomic E-state index is -4.93. The van der Waals surface area contributed by atoms with Crippen molar-refractivity contribution in [1.82, 2.24) is 30.2 Å². The van der Waals surface area contributed by atoms with E-state index in [1.807, 2.05) is 13.0 Å². The fourth-order valence-corrected chi connectivity index (χ4v) is 9.11. The number of alkyl halides is 3. The van der Waals surface area contributed by atoms with E-state index in [2.05, 4.69) is 25.3 Å². The first-order valence-corrected chi connectivity index (χ1v) is 21.5. The number of aromatic nitrogens is 2. The number of ether oxygens (including phenoxy) is 3. The topological polar surface area (TPSA) is 195 Å². The van der Waals surface area contributed by atoms with Gasteiger partial charge in [0.15, 0.2) is 5.15 Å². The maximum absolute atomic E-state index is 14.9. The maximum Gasteiger partial charge on any atom is 0.427 e. The highest BCUT2D eigenvalue weighted by atomic mass is 35.5. The summed E-state index contributed by atoms with van der Waals surface area (Å²) in [5.41, 5.74) is -3.78. The Bertz CT molecular complexity index is 2140. The molecule has 1 aromatic heterocycles. The molecule has 2 aliphatic heterocycles. The maximum atomic E-state index is 14.9. The largest absolute Gasteiger partial charge is 0.497 e.